The van der Waals surface area contributed by atoms with Gasteiger partial charge >= 0.3 is 0 Å². The number of carbonyl (C=O) groups is 1. The summed E-state index contributed by atoms with van der Waals surface area (Å²) >= 11 is 0. The maximum Gasteiger partial charge on any atom is 0.293 e. The zero-order valence-electron chi connectivity index (χ0n) is 14.2. The molecule has 0 radical (unpaired) electrons. The summed E-state index contributed by atoms with van der Waals surface area (Å²) in [7, 11) is 0. The van der Waals surface area contributed by atoms with Crippen molar-refractivity contribution < 1.29 is 14.5 Å². The van der Waals surface area contributed by atoms with Gasteiger partial charge in [-0.15, -0.1) is 0 Å². The van der Waals surface area contributed by atoms with Gasteiger partial charge in [-0.2, -0.15) is 0 Å². The highest BCUT2D eigenvalue weighted by atomic mass is 16.6. The lowest BCUT2D eigenvalue weighted by atomic mass is 9.98. The summed E-state index contributed by atoms with van der Waals surface area (Å²) < 4.78 is 5.63. The zero-order valence-corrected chi connectivity index (χ0v) is 14.2. The molecule has 2 aromatic rings. The maximum absolute atomic E-state index is 12.6. The molecule has 2 aliphatic heterocycles. The topological polar surface area (TPSA) is 72.7 Å². The van der Waals surface area contributed by atoms with Crippen molar-refractivity contribution in [1.82, 2.24) is 0 Å². The largest absolute Gasteiger partial charge is 0.488 e. The lowest BCUT2D eigenvalue weighted by Crippen LogP contribution is -2.19. The predicted octanol–water partition coefficient (Wildman–Crippen LogP) is 3.85. The number of rotatable bonds is 3. The van der Waals surface area contributed by atoms with Gasteiger partial charge < -0.3 is 9.64 Å². The molecule has 0 aromatic heterocycles. The second-order valence-corrected chi connectivity index (χ2v) is 6.48. The van der Waals surface area contributed by atoms with E-state index in [-0.39, 0.29) is 23.0 Å². The van der Waals surface area contributed by atoms with Crippen LogP contribution in [0.5, 0.6) is 5.75 Å². The minimum atomic E-state index is -0.357. The van der Waals surface area contributed by atoms with E-state index in [1.165, 1.54) is 6.07 Å². The molecule has 0 spiro atoms. The highest BCUT2D eigenvalue weighted by Crippen LogP contribution is 2.33. The fourth-order valence-electron chi connectivity index (χ4n) is 3.48. The molecule has 1 saturated heterocycles. The summed E-state index contributed by atoms with van der Waals surface area (Å²) in [5.74, 6) is 0.475. The van der Waals surface area contributed by atoms with Crippen LogP contribution in [0.1, 0.15) is 28.8 Å². The molecule has 0 aliphatic carbocycles. The van der Waals surface area contributed by atoms with Gasteiger partial charge in [-0.25, -0.2) is 0 Å². The number of ether oxygens (including phenoxy) is 1. The summed E-state index contributed by atoms with van der Waals surface area (Å²) in [5.41, 5.74) is 2.36. The Hall–Kier alpha value is -3.15. The third-order valence-corrected chi connectivity index (χ3v) is 4.79. The summed E-state index contributed by atoms with van der Waals surface area (Å²) in [5, 5.41) is 11.5. The summed E-state index contributed by atoms with van der Waals surface area (Å²) in [6.07, 6.45) is 3.78. The first-order chi connectivity index (χ1) is 12.6. The number of Topliss-reactive ketones (excluding diaryl/α,β-unsaturated/α-hetero) is 1. The van der Waals surface area contributed by atoms with Gasteiger partial charge in [0.1, 0.15) is 18.0 Å². The SMILES string of the molecule is O=C1/C(=C/c2ccc(N3CCCC3)c([N+](=O)[O-])c2)COc2ccccc21. The molecule has 1 fully saturated rings. The van der Waals surface area contributed by atoms with E-state index in [1.54, 1.807) is 30.3 Å². The van der Waals surface area contributed by atoms with Gasteiger partial charge in [0.15, 0.2) is 5.78 Å². The standard InChI is InChI=1S/C20H18N2O4/c23-20-15(13-26-19-6-2-1-5-16(19)20)11-14-7-8-17(18(12-14)22(24)25)21-9-3-4-10-21/h1-2,5-8,11-12H,3-4,9-10,13H2/b15-11+. The molecule has 0 N–H and O–H groups in total. The van der Waals surface area contributed by atoms with Gasteiger partial charge in [0, 0.05) is 24.7 Å². The Bertz CT molecular complexity index is 914. The summed E-state index contributed by atoms with van der Waals surface area (Å²) in [6, 6.07) is 12.2. The van der Waals surface area contributed by atoms with Crippen molar-refractivity contribution in [3.05, 3.63) is 69.3 Å². The maximum atomic E-state index is 12.6. The number of hydrogen-bond acceptors (Lipinski definition) is 5. The van der Waals surface area contributed by atoms with E-state index in [0.29, 0.717) is 28.1 Å². The first kappa shape index (κ1) is 16.3. The van der Waals surface area contributed by atoms with Crippen LogP contribution in [0.3, 0.4) is 0 Å². The van der Waals surface area contributed by atoms with Gasteiger partial charge in [-0.1, -0.05) is 18.2 Å². The van der Waals surface area contributed by atoms with Crippen LogP contribution in [0.4, 0.5) is 11.4 Å². The quantitative estimate of drug-likeness (QED) is 0.477. The molecule has 2 heterocycles. The second-order valence-electron chi connectivity index (χ2n) is 6.48. The van der Waals surface area contributed by atoms with E-state index < -0.39 is 0 Å². The van der Waals surface area contributed by atoms with Gasteiger partial charge in [0.25, 0.3) is 5.69 Å². The normalized spacial score (nSPS) is 17.9. The van der Waals surface area contributed by atoms with Gasteiger partial charge in [-0.05, 0) is 42.7 Å². The van der Waals surface area contributed by atoms with Gasteiger partial charge in [0.05, 0.1) is 10.5 Å². The number of nitro groups is 1. The molecule has 0 amide bonds. The van der Waals surface area contributed by atoms with Crippen molar-refractivity contribution in [2.24, 2.45) is 0 Å². The van der Waals surface area contributed by atoms with Gasteiger partial charge in [0.2, 0.25) is 0 Å². The second kappa shape index (κ2) is 6.63. The van der Waals surface area contributed by atoms with Crippen LogP contribution in [0.2, 0.25) is 0 Å². The molecule has 0 atom stereocenters. The number of fused-ring (bicyclic) bond motifs is 1. The van der Waals surface area contributed by atoms with Crippen molar-refractivity contribution in [1.29, 1.82) is 0 Å². The molecule has 0 unspecified atom stereocenters. The Morgan fingerprint density at radius 1 is 1.12 bits per heavy atom. The van der Waals surface area contributed by atoms with Crippen LogP contribution in [0.25, 0.3) is 6.08 Å². The molecule has 2 aliphatic rings. The fourth-order valence-corrected chi connectivity index (χ4v) is 3.48. The third kappa shape index (κ3) is 2.94. The van der Waals surface area contributed by atoms with E-state index in [4.69, 9.17) is 4.74 Å². The van der Waals surface area contributed by atoms with Crippen LogP contribution >= 0.6 is 0 Å². The van der Waals surface area contributed by atoms with Crippen molar-refractivity contribution in [2.75, 3.05) is 24.6 Å². The Morgan fingerprint density at radius 3 is 2.65 bits per heavy atom. The average Bonchev–Trinajstić information content (AvgIpc) is 3.19. The molecular formula is C20H18N2O4. The van der Waals surface area contributed by atoms with Crippen LogP contribution in [0, 0.1) is 10.1 Å². The van der Waals surface area contributed by atoms with E-state index in [1.807, 2.05) is 17.0 Å². The minimum absolute atomic E-state index is 0.0748. The number of hydrogen-bond donors (Lipinski definition) is 0. The lowest BCUT2D eigenvalue weighted by Gasteiger charge is -2.19. The average molecular weight is 350 g/mol. The van der Waals surface area contributed by atoms with E-state index in [0.717, 1.165) is 25.9 Å². The molecule has 0 bridgehead atoms. The number of ketones is 1. The Kier molecular flexibility index (Phi) is 4.16. The summed E-state index contributed by atoms with van der Waals surface area (Å²) in [4.78, 5) is 25.8. The molecule has 0 saturated carbocycles. The van der Waals surface area contributed by atoms with Crippen molar-refractivity contribution >= 4 is 23.2 Å². The monoisotopic (exact) mass is 350 g/mol. The highest BCUT2D eigenvalue weighted by Gasteiger charge is 2.25. The van der Waals surface area contributed by atoms with Crippen LogP contribution < -0.4 is 9.64 Å². The smallest absolute Gasteiger partial charge is 0.293 e. The third-order valence-electron chi connectivity index (χ3n) is 4.79. The number of nitrogens with zero attached hydrogens (tertiary/aromatic N) is 2. The summed E-state index contributed by atoms with van der Waals surface area (Å²) in [6.45, 7) is 1.84. The first-order valence-corrected chi connectivity index (χ1v) is 8.64. The number of anilines is 1. The molecular weight excluding hydrogens is 332 g/mol. The molecule has 6 nitrogen and oxygen atoms in total. The van der Waals surface area contributed by atoms with Crippen molar-refractivity contribution in [3.8, 4) is 5.75 Å². The predicted molar refractivity (Wildman–Crippen MR) is 98.8 cm³/mol. The van der Waals surface area contributed by atoms with Crippen LogP contribution in [-0.4, -0.2) is 30.4 Å². The Balaban J connectivity index is 1.68. The van der Waals surface area contributed by atoms with Gasteiger partial charge in [-0.3, -0.25) is 14.9 Å². The molecule has 2 aromatic carbocycles. The van der Waals surface area contributed by atoms with Crippen molar-refractivity contribution in [3.63, 3.8) is 0 Å². The Morgan fingerprint density at radius 2 is 1.88 bits per heavy atom. The Labute approximate surface area is 150 Å². The number of carbonyl (C=O) groups excluding carboxylic acids is 1. The van der Waals surface area contributed by atoms with E-state index >= 15 is 0 Å². The molecule has 26 heavy (non-hydrogen) atoms. The number of nitro benzene ring substituents is 1. The lowest BCUT2D eigenvalue weighted by molar-refractivity contribution is -0.384. The number of benzene rings is 2. The number of para-hydroxylation sites is 1. The van der Waals surface area contributed by atoms with E-state index in [2.05, 4.69) is 0 Å². The first-order valence-electron chi connectivity index (χ1n) is 8.64. The minimum Gasteiger partial charge on any atom is -0.488 e. The zero-order chi connectivity index (χ0) is 18.1. The van der Waals surface area contributed by atoms with Crippen LogP contribution in [0.15, 0.2) is 48.0 Å². The molecule has 132 valence electrons. The molecule has 6 heteroatoms. The fraction of sp³-hybridized carbons (Fsp3) is 0.250. The van der Waals surface area contributed by atoms with E-state index in [9.17, 15) is 14.9 Å². The highest BCUT2D eigenvalue weighted by molar-refractivity contribution is 6.14. The van der Waals surface area contributed by atoms with Crippen LogP contribution in [-0.2, 0) is 0 Å². The molecule has 4 rings (SSSR count). The van der Waals surface area contributed by atoms with Crippen molar-refractivity contribution in [2.45, 2.75) is 12.8 Å².